The van der Waals surface area contributed by atoms with Gasteiger partial charge >= 0.3 is 23.9 Å². The van der Waals surface area contributed by atoms with E-state index in [2.05, 4.69) is 6.58 Å². The zero-order chi connectivity index (χ0) is 18.8. The molecule has 0 fully saturated rings. The maximum atomic E-state index is 13.2. The van der Waals surface area contributed by atoms with Gasteiger partial charge in [-0.1, -0.05) is 24.8 Å². The van der Waals surface area contributed by atoms with Crippen molar-refractivity contribution in [2.24, 2.45) is 0 Å². The van der Waals surface area contributed by atoms with Gasteiger partial charge < -0.3 is 4.74 Å². The molecule has 0 N–H and O–H groups in total. The lowest BCUT2D eigenvalue weighted by molar-refractivity contribution is -0.397. The normalized spacial score (nSPS) is 13.7. The van der Waals surface area contributed by atoms with Crippen LogP contribution in [0.5, 0.6) is 5.75 Å². The summed E-state index contributed by atoms with van der Waals surface area (Å²) in [6, 6.07) is 5.50. The Balaban J connectivity index is 2.83. The van der Waals surface area contributed by atoms with Gasteiger partial charge in [0.05, 0.1) is 13.0 Å². The highest BCUT2D eigenvalue weighted by molar-refractivity contribution is 5.49. The van der Waals surface area contributed by atoms with Crippen LogP contribution < -0.4 is 4.74 Å². The van der Waals surface area contributed by atoms with Gasteiger partial charge in [-0.2, -0.15) is 39.5 Å². The molecule has 10 heteroatoms. The maximum absolute atomic E-state index is 13.2. The Morgan fingerprint density at radius 1 is 0.917 bits per heavy atom. The summed E-state index contributed by atoms with van der Waals surface area (Å²) in [4.78, 5) is 0. The molecule has 0 bridgehead atoms. The van der Waals surface area contributed by atoms with Crippen LogP contribution in [0.1, 0.15) is 12.0 Å². The molecule has 1 nitrogen and oxygen atoms in total. The fourth-order valence-electron chi connectivity index (χ4n) is 1.59. The number of hydrogen-bond donors (Lipinski definition) is 0. The second-order valence-electron chi connectivity index (χ2n) is 4.73. The Bertz CT molecular complexity index is 578. The molecule has 0 unspecified atom stereocenters. The minimum Gasteiger partial charge on any atom is -0.493 e. The second-order valence-corrected chi connectivity index (χ2v) is 4.73. The summed E-state index contributed by atoms with van der Waals surface area (Å²) in [5.41, 5.74) is 0.494. The molecular weight excluding hydrogens is 355 g/mol. The third-order valence-corrected chi connectivity index (χ3v) is 2.99. The first-order valence-corrected chi connectivity index (χ1v) is 6.32. The molecule has 0 heterocycles. The molecule has 1 aromatic rings. The first kappa shape index (κ1) is 20.2. The molecule has 0 aliphatic heterocycles. The van der Waals surface area contributed by atoms with Gasteiger partial charge in [0.2, 0.25) is 0 Å². The van der Waals surface area contributed by atoms with Gasteiger partial charge in [-0.15, -0.1) is 0 Å². The van der Waals surface area contributed by atoms with Crippen molar-refractivity contribution in [1.82, 2.24) is 0 Å². The Morgan fingerprint density at radius 3 is 2.00 bits per heavy atom. The molecule has 24 heavy (non-hydrogen) atoms. The molecule has 1 rings (SSSR count). The summed E-state index contributed by atoms with van der Waals surface area (Å²) in [6.07, 6.45) is -7.50. The molecule has 0 radical (unpaired) electrons. The van der Waals surface area contributed by atoms with E-state index in [1.807, 2.05) is 0 Å². The highest BCUT2D eigenvalue weighted by Crippen LogP contribution is 2.53. The van der Waals surface area contributed by atoms with Crippen LogP contribution in [0.25, 0.3) is 6.08 Å². The van der Waals surface area contributed by atoms with Crippen LogP contribution in [-0.2, 0) is 0 Å². The maximum Gasteiger partial charge on any atom is 0.460 e. The van der Waals surface area contributed by atoms with E-state index in [1.54, 1.807) is 6.07 Å². The van der Waals surface area contributed by atoms with Crippen molar-refractivity contribution in [3.8, 4) is 5.75 Å². The quantitative estimate of drug-likeness (QED) is 0.574. The third kappa shape index (κ3) is 3.78. The Kier molecular flexibility index (Phi) is 5.51. The molecule has 0 saturated carbocycles. The zero-order valence-corrected chi connectivity index (χ0v) is 11.8. The van der Waals surface area contributed by atoms with Crippen LogP contribution in [-0.4, -0.2) is 30.6 Å². The molecule has 0 amide bonds. The van der Waals surface area contributed by atoms with Gasteiger partial charge in [0, 0.05) is 0 Å². The molecular formula is C14H11F9O. The lowest BCUT2D eigenvalue weighted by atomic mass is 10.0. The summed E-state index contributed by atoms with van der Waals surface area (Å²) in [5.74, 6) is -19.2. The summed E-state index contributed by atoms with van der Waals surface area (Å²) in [5, 5.41) is 0. The van der Waals surface area contributed by atoms with E-state index in [0.717, 1.165) is 0 Å². The van der Waals surface area contributed by atoms with Crippen LogP contribution in [0.2, 0.25) is 0 Å². The minimum absolute atomic E-state index is 0.0610. The van der Waals surface area contributed by atoms with Crippen molar-refractivity contribution in [2.75, 3.05) is 6.61 Å². The van der Waals surface area contributed by atoms with Crippen LogP contribution in [0, 0.1) is 0 Å². The van der Waals surface area contributed by atoms with Crippen LogP contribution in [0.3, 0.4) is 0 Å². The molecule has 0 aromatic heterocycles. The predicted molar refractivity (Wildman–Crippen MR) is 67.5 cm³/mol. The minimum atomic E-state index is -6.88. The number of halogens is 9. The van der Waals surface area contributed by atoms with Crippen LogP contribution in [0.4, 0.5) is 39.5 Å². The van der Waals surface area contributed by atoms with E-state index in [4.69, 9.17) is 4.74 Å². The van der Waals surface area contributed by atoms with Crippen molar-refractivity contribution >= 4 is 6.08 Å². The van der Waals surface area contributed by atoms with Crippen molar-refractivity contribution in [2.45, 2.75) is 30.4 Å². The van der Waals surface area contributed by atoms with E-state index < -0.39 is 37.0 Å². The van der Waals surface area contributed by atoms with Gasteiger partial charge in [-0.3, -0.25) is 0 Å². The molecule has 0 aliphatic carbocycles. The number of ether oxygens (including phenoxy) is 1. The number of alkyl halides is 9. The van der Waals surface area contributed by atoms with Crippen LogP contribution in [0.15, 0.2) is 30.8 Å². The fraction of sp³-hybridized carbons (Fsp3) is 0.429. The standard InChI is InChI=1S/C14H11F9O/c1-2-9-4-3-5-10(8-9)24-7-6-11(15,16)12(17,18)13(19,20)14(21,22)23/h2-5,8H,1,6-7H2. The smallest absolute Gasteiger partial charge is 0.460 e. The van der Waals surface area contributed by atoms with Gasteiger partial charge in [0.25, 0.3) is 0 Å². The van der Waals surface area contributed by atoms with Gasteiger partial charge in [0.15, 0.2) is 0 Å². The molecule has 0 saturated heterocycles. The van der Waals surface area contributed by atoms with Gasteiger partial charge in [-0.25, -0.2) is 0 Å². The Labute approximate surface area is 130 Å². The van der Waals surface area contributed by atoms with Crippen molar-refractivity contribution in [3.63, 3.8) is 0 Å². The van der Waals surface area contributed by atoms with Crippen molar-refractivity contribution in [1.29, 1.82) is 0 Å². The lowest BCUT2D eigenvalue weighted by Crippen LogP contribution is -2.61. The van der Waals surface area contributed by atoms with E-state index >= 15 is 0 Å². The summed E-state index contributed by atoms with van der Waals surface area (Å²) in [7, 11) is 0. The highest BCUT2D eigenvalue weighted by atomic mass is 19.4. The number of rotatable bonds is 7. The summed E-state index contributed by atoms with van der Waals surface area (Å²) >= 11 is 0. The average molecular weight is 366 g/mol. The molecule has 0 atom stereocenters. The number of benzene rings is 1. The monoisotopic (exact) mass is 366 g/mol. The van der Waals surface area contributed by atoms with Crippen molar-refractivity contribution < 1.29 is 44.3 Å². The van der Waals surface area contributed by atoms with E-state index in [1.165, 1.54) is 24.3 Å². The highest BCUT2D eigenvalue weighted by Gasteiger charge is 2.81. The van der Waals surface area contributed by atoms with E-state index in [0.29, 0.717) is 5.56 Å². The lowest BCUT2D eigenvalue weighted by Gasteiger charge is -2.33. The fourth-order valence-corrected chi connectivity index (χ4v) is 1.59. The molecule has 1 aromatic carbocycles. The molecule has 0 aliphatic rings. The first-order valence-electron chi connectivity index (χ1n) is 6.32. The second kappa shape index (κ2) is 6.56. The van der Waals surface area contributed by atoms with Crippen LogP contribution >= 0.6 is 0 Å². The number of hydrogen-bond acceptors (Lipinski definition) is 1. The SMILES string of the molecule is C=Cc1cccc(OCCC(F)(F)C(F)(F)C(F)(F)C(F)(F)F)c1. The molecule has 0 spiro atoms. The third-order valence-electron chi connectivity index (χ3n) is 2.99. The predicted octanol–water partition coefficient (Wildman–Crippen LogP) is 5.57. The average Bonchev–Trinajstić information content (AvgIpc) is 2.45. The Hall–Kier alpha value is -1.87. The van der Waals surface area contributed by atoms with E-state index in [-0.39, 0.29) is 5.75 Å². The van der Waals surface area contributed by atoms with Gasteiger partial charge in [0.1, 0.15) is 5.75 Å². The Morgan fingerprint density at radius 2 is 1.50 bits per heavy atom. The topological polar surface area (TPSA) is 9.23 Å². The van der Waals surface area contributed by atoms with Crippen molar-refractivity contribution in [3.05, 3.63) is 36.4 Å². The zero-order valence-electron chi connectivity index (χ0n) is 11.8. The van der Waals surface area contributed by atoms with Gasteiger partial charge in [-0.05, 0) is 17.7 Å². The summed E-state index contributed by atoms with van der Waals surface area (Å²) in [6.45, 7) is 2.21. The summed E-state index contributed by atoms with van der Waals surface area (Å²) < 4.78 is 118. The first-order chi connectivity index (χ1) is 10.8. The van der Waals surface area contributed by atoms with E-state index in [9.17, 15) is 39.5 Å². The largest absolute Gasteiger partial charge is 0.493 e. The molecule has 136 valence electrons.